The Bertz CT molecular complexity index is 812. The third kappa shape index (κ3) is 3.81. The molecule has 4 rings (SSSR count). The highest BCUT2D eigenvalue weighted by Gasteiger charge is 2.33. The van der Waals surface area contributed by atoms with Crippen LogP contribution in [0.2, 0.25) is 0 Å². The first kappa shape index (κ1) is 19.1. The summed E-state index contributed by atoms with van der Waals surface area (Å²) in [5, 5.41) is 0. The van der Waals surface area contributed by atoms with Gasteiger partial charge in [-0.25, -0.2) is 9.97 Å². The fraction of sp³-hybridized carbons (Fsp3) is 0.522. The third-order valence-electron chi connectivity index (χ3n) is 6.35. The van der Waals surface area contributed by atoms with E-state index >= 15 is 0 Å². The van der Waals surface area contributed by atoms with E-state index in [9.17, 15) is 4.79 Å². The van der Waals surface area contributed by atoms with Crippen molar-refractivity contribution in [3.8, 4) is 0 Å². The van der Waals surface area contributed by atoms with Crippen molar-refractivity contribution in [2.75, 3.05) is 20.1 Å². The van der Waals surface area contributed by atoms with Crippen LogP contribution in [0.4, 0.5) is 0 Å². The van der Waals surface area contributed by atoms with Crippen LogP contribution < -0.4 is 0 Å². The maximum absolute atomic E-state index is 13.2. The molecule has 2 aliphatic rings. The summed E-state index contributed by atoms with van der Waals surface area (Å²) in [4.78, 5) is 26.2. The molecule has 2 aromatic rings. The number of likely N-dealkylation sites (tertiary alicyclic amines) is 1. The van der Waals surface area contributed by atoms with E-state index in [1.165, 1.54) is 11.1 Å². The lowest BCUT2D eigenvalue weighted by Crippen LogP contribution is -2.52. The quantitative estimate of drug-likeness (QED) is 0.802. The van der Waals surface area contributed by atoms with Crippen LogP contribution in [-0.2, 0) is 19.3 Å². The van der Waals surface area contributed by atoms with E-state index in [0.717, 1.165) is 57.3 Å². The SMILES string of the molecule is CCCc1ncncc1C(=O)N(C)C1CCCN(C2Cc3ccccc3C2)C1. The highest BCUT2D eigenvalue weighted by Crippen LogP contribution is 2.28. The molecule has 1 aromatic carbocycles. The maximum atomic E-state index is 13.2. The van der Waals surface area contributed by atoms with Gasteiger partial charge in [0.15, 0.2) is 0 Å². The van der Waals surface area contributed by atoms with Crippen LogP contribution in [0.1, 0.15) is 53.4 Å². The number of piperidine rings is 1. The number of likely N-dealkylation sites (N-methyl/N-ethyl adjacent to an activating group) is 1. The van der Waals surface area contributed by atoms with Crippen molar-refractivity contribution in [1.82, 2.24) is 19.8 Å². The average molecular weight is 379 g/mol. The maximum Gasteiger partial charge on any atom is 0.257 e. The molecular formula is C23H30N4O. The molecule has 0 bridgehead atoms. The van der Waals surface area contributed by atoms with Crippen LogP contribution >= 0.6 is 0 Å². The molecule has 1 aliphatic carbocycles. The summed E-state index contributed by atoms with van der Waals surface area (Å²) in [5.74, 6) is 0.0607. The molecule has 5 heteroatoms. The van der Waals surface area contributed by atoms with Crippen molar-refractivity contribution in [3.05, 3.63) is 59.2 Å². The third-order valence-corrected chi connectivity index (χ3v) is 6.35. The molecule has 1 aromatic heterocycles. The van der Waals surface area contributed by atoms with E-state index in [1.54, 1.807) is 12.5 Å². The van der Waals surface area contributed by atoms with E-state index in [-0.39, 0.29) is 11.9 Å². The average Bonchev–Trinajstić information content (AvgIpc) is 3.18. The number of carbonyl (C=O) groups is 1. The van der Waals surface area contributed by atoms with Gasteiger partial charge in [-0.05, 0) is 49.8 Å². The van der Waals surface area contributed by atoms with E-state index in [4.69, 9.17) is 0 Å². The smallest absolute Gasteiger partial charge is 0.257 e. The number of hydrogen-bond donors (Lipinski definition) is 0. The molecule has 2 heterocycles. The normalized spacial score (nSPS) is 20.1. The van der Waals surface area contributed by atoms with Gasteiger partial charge in [-0.1, -0.05) is 37.6 Å². The number of aryl methyl sites for hydroxylation is 1. The second-order valence-electron chi connectivity index (χ2n) is 8.17. The Hall–Kier alpha value is -2.27. The Kier molecular flexibility index (Phi) is 5.72. The minimum atomic E-state index is 0.0607. The van der Waals surface area contributed by atoms with Gasteiger partial charge in [-0.3, -0.25) is 9.69 Å². The fourth-order valence-corrected chi connectivity index (χ4v) is 4.75. The van der Waals surface area contributed by atoms with E-state index < -0.39 is 0 Å². The zero-order chi connectivity index (χ0) is 19.5. The highest BCUT2D eigenvalue weighted by atomic mass is 16.2. The number of nitrogens with zero attached hydrogens (tertiary/aromatic N) is 4. The van der Waals surface area contributed by atoms with E-state index in [0.29, 0.717) is 11.6 Å². The van der Waals surface area contributed by atoms with Gasteiger partial charge in [-0.2, -0.15) is 0 Å². The summed E-state index contributed by atoms with van der Waals surface area (Å²) >= 11 is 0. The predicted octanol–water partition coefficient (Wildman–Crippen LogP) is 3.13. The Labute approximate surface area is 167 Å². The first-order chi connectivity index (χ1) is 13.7. The Balaban J connectivity index is 1.44. The topological polar surface area (TPSA) is 49.3 Å². The molecule has 1 atom stereocenters. The molecule has 1 fully saturated rings. The fourth-order valence-electron chi connectivity index (χ4n) is 4.75. The minimum Gasteiger partial charge on any atom is -0.337 e. The molecule has 1 unspecified atom stereocenters. The van der Waals surface area contributed by atoms with E-state index in [2.05, 4.69) is 46.1 Å². The first-order valence-corrected chi connectivity index (χ1v) is 10.5. The van der Waals surface area contributed by atoms with Gasteiger partial charge in [0.1, 0.15) is 6.33 Å². The molecule has 0 N–H and O–H groups in total. The first-order valence-electron chi connectivity index (χ1n) is 10.5. The number of amides is 1. The van der Waals surface area contributed by atoms with Crippen LogP contribution in [0, 0.1) is 0 Å². The monoisotopic (exact) mass is 378 g/mol. The number of hydrogen-bond acceptors (Lipinski definition) is 4. The van der Waals surface area contributed by atoms with Crippen LogP contribution in [0.15, 0.2) is 36.8 Å². The molecule has 0 saturated carbocycles. The molecule has 28 heavy (non-hydrogen) atoms. The van der Waals surface area contributed by atoms with Crippen LogP contribution in [0.25, 0.3) is 0 Å². The summed E-state index contributed by atoms with van der Waals surface area (Å²) in [5.41, 5.74) is 4.51. The van der Waals surface area contributed by atoms with Gasteiger partial charge in [-0.15, -0.1) is 0 Å². The van der Waals surface area contributed by atoms with Gasteiger partial charge in [0.05, 0.1) is 11.3 Å². The van der Waals surface area contributed by atoms with Crippen LogP contribution in [0.3, 0.4) is 0 Å². The van der Waals surface area contributed by atoms with Crippen LogP contribution in [-0.4, -0.2) is 57.9 Å². The number of carbonyl (C=O) groups excluding carboxylic acids is 1. The highest BCUT2D eigenvalue weighted by molar-refractivity contribution is 5.95. The molecule has 1 saturated heterocycles. The van der Waals surface area contributed by atoms with Crippen molar-refractivity contribution in [3.63, 3.8) is 0 Å². The molecule has 1 amide bonds. The summed E-state index contributed by atoms with van der Waals surface area (Å²) in [6.45, 7) is 4.20. The molecule has 5 nitrogen and oxygen atoms in total. The van der Waals surface area contributed by atoms with E-state index in [1.807, 2.05) is 11.9 Å². The Morgan fingerprint density at radius 2 is 2.00 bits per heavy atom. The number of fused-ring (bicyclic) bond motifs is 1. The zero-order valence-corrected chi connectivity index (χ0v) is 17.0. The number of benzene rings is 1. The van der Waals surface area contributed by atoms with Gasteiger partial charge in [0, 0.05) is 31.9 Å². The summed E-state index contributed by atoms with van der Waals surface area (Å²) in [6, 6.07) is 9.62. The zero-order valence-electron chi connectivity index (χ0n) is 17.0. The van der Waals surface area contributed by atoms with Gasteiger partial charge < -0.3 is 4.90 Å². The number of aromatic nitrogens is 2. The molecule has 0 spiro atoms. The predicted molar refractivity (Wildman–Crippen MR) is 110 cm³/mol. The molecule has 1 aliphatic heterocycles. The van der Waals surface area contributed by atoms with Crippen molar-refractivity contribution in [2.45, 2.75) is 57.5 Å². The van der Waals surface area contributed by atoms with Gasteiger partial charge in [0.25, 0.3) is 5.91 Å². The standard InChI is InChI=1S/C23H30N4O/c1-3-7-22-21(14-24-16-25-22)23(28)26(2)19-10-6-11-27(15-19)20-12-17-8-4-5-9-18(17)13-20/h4-5,8-9,14,16,19-20H,3,6-7,10-13,15H2,1-2H3. The summed E-state index contributed by atoms with van der Waals surface area (Å²) in [7, 11) is 1.95. The largest absolute Gasteiger partial charge is 0.337 e. The molecular weight excluding hydrogens is 348 g/mol. The lowest BCUT2D eigenvalue weighted by molar-refractivity contribution is 0.0553. The molecule has 0 radical (unpaired) electrons. The summed E-state index contributed by atoms with van der Waals surface area (Å²) < 4.78 is 0. The van der Waals surface area contributed by atoms with Crippen LogP contribution in [0.5, 0.6) is 0 Å². The van der Waals surface area contributed by atoms with Crippen molar-refractivity contribution in [2.24, 2.45) is 0 Å². The second-order valence-corrected chi connectivity index (χ2v) is 8.17. The Morgan fingerprint density at radius 3 is 2.71 bits per heavy atom. The lowest BCUT2D eigenvalue weighted by atomic mass is 10.00. The van der Waals surface area contributed by atoms with Crippen molar-refractivity contribution in [1.29, 1.82) is 0 Å². The van der Waals surface area contributed by atoms with Crippen molar-refractivity contribution < 1.29 is 4.79 Å². The summed E-state index contributed by atoms with van der Waals surface area (Å²) in [6.07, 6.45) is 9.49. The molecule has 148 valence electrons. The lowest BCUT2D eigenvalue weighted by Gasteiger charge is -2.40. The van der Waals surface area contributed by atoms with Gasteiger partial charge in [0.2, 0.25) is 0 Å². The van der Waals surface area contributed by atoms with Crippen molar-refractivity contribution >= 4 is 5.91 Å². The number of rotatable bonds is 5. The van der Waals surface area contributed by atoms with Gasteiger partial charge >= 0.3 is 0 Å². The minimum absolute atomic E-state index is 0.0607. The Morgan fingerprint density at radius 1 is 1.25 bits per heavy atom. The second kappa shape index (κ2) is 8.39.